The van der Waals surface area contributed by atoms with Gasteiger partial charge >= 0.3 is 0 Å². The maximum Gasteiger partial charge on any atom is 0.140 e. The summed E-state index contributed by atoms with van der Waals surface area (Å²) in [5, 5.41) is 9.93. The van der Waals surface area contributed by atoms with Crippen LogP contribution in [0.3, 0.4) is 0 Å². The van der Waals surface area contributed by atoms with Gasteiger partial charge < -0.3 is 10.0 Å². The molecular weight excluding hydrogens is 236 g/mol. The van der Waals surface area contributed by atoms with Gasteiger partial charge in [0.25, 0.3) is 0 Å². The van der Waals surface area contributed by atoms with Gasteiger partial charge in [0.2, 0.25) is 0 Å². The molecule has 0 amide bonds. The van der Waals surface area contributed by atoms with Crippen molar-refractivity contribution in [1.29, 1.82) is 0 Å². The van der Waals surface area contributed by atoms with E-state index >= 15 is 0 Å². The van der Waals surface area contributed by atoms with Crippen LogP contribution in [0.2, 0.25) is 0 Å². The number of hydrogen-bond donors (Lipinski definition) is 1. The van der Waals surface area contributed by atoms with Gasteiger partial charge in [0.1, 0.15) is 11.6 Å². The molecular formula is C16H20N2O. The Hall–Kier alpha value is -2.03. The molecule has 0 saturated heterocycles. The highest BCUT2D eigenvalue weighted by Gasteiger charge is 2.15. The SMILES string of the molecule is Cc1cccc(N(C)c2nc(C)c(O)c(C)c2C)c1. The normalized spacial score (nSPS) is 10.6. The monoisotopic (exact) mass is 256 g/mol. The fourth-order valence-corrected chi connectivity index (χ4v) is 2.20. The van der Waals surface area contributed by atoms with Crippen LogP contribution in [0.15, 0.2) is 24.3 Å². The molecule has 0 atom stereocenters. The lowest BCUT2D eigenvalue weighted by Crippen LogP contribution is -2.14. The maximum atomic E-state index is 9.93. The summed E-state index contributed by atoms with van der Waals surface area (Å²) in [6.45, 7) is 7.82. The number of rotatable bonds is 2. The number of pyridine rings is 1. The third kappa shape index (κ3) is 2.41. The predicted octanol–water partition coefficient (Wildman–Crippen LogP) is 3.79. The van der Waals surface area contributed by atoms with E-state index in [4.69, 9.17) is 0 Å². The van der Waals surface area contributed by atoms with Gasteiger partial charge in [0.05, 0.1) is 5.69 Å². The van der Waals surface area contributed by atoms with Crippen LogP contribution in [0, 0.1) is 27.7 Å². The second kappa shape index (κ2) is 4.92. The van der Waals surface area contributed by atoms with E-state index in [1.165, 1.54) is 5.56 Å². The quantitative estimate of drug-likeness (QED) is 0.888. The van der Waals surface area contributed by atoms with Crippen molar-refractivity contribution in [2.45, 2.75) is 27.7 Å². The van der Waals surface area contributed by atoms with E-state index in [1.807, 2.05) is 33.9 Å². The van der Waals surface area contributed by atoms with Gasteiger partial charge in [0.15, 0.2) is 0 Å². The zero-order chi connectivity index (χ0) is 14.2. The Morgan fingerprint density at radius 1 is 1.05 bits per heavy atom. The van der Waals surface area contributed by atoms with Crippen molar-refractivity contribution in [1.82, 2.24) is 4.98 Å². The lowest BCUT2D eigenvalue weighted by atomic mass is 10.1. The molecule has 0 aliphatic heterocycles. The van der Waals surface area contributed by atoms with Gasteiger partial charge in [-0.25, -0.2) is 4.98 Å². The summed E-state index contributed by atoms with van der Waals surface area (Å²) in [4.78, 5) is 6.57. The molecule has 3 heteroatoms. The number of benzene rings is 1. The van der Waals surface area contributed by atoms with Crippen molar-refractivity contribution < 1.29 is 5.11 Å². The first kappa shape index (κ1) is 13.4. The van der Waals surface area contributed by atoms with Gasteiger partial charge in [-0.2, -0.15) is 0 Å². The van der Waals surface area contributed by atoms with Gasteiger partial charge in [-0.1, -0.05) is 12.1 Å². The molecule has 100 valence electrons. The summed E-state index contributed by atoms with van der Waals surface area (Å²) >= 11 is 0. The topological polar surface area (TPSA) is 36.4 Å². The number of aromatic nitrogens is 1. The minimum Gasteiger partial charge on any atom is -0.506 e. The van der Waals surface area contributed by atoms with Crippen LogP contribution < -0.4 is 4.90 Å². The van der Waals surface area contributed by atoms with E-state index in [9.17, 15) is 5.11 Å². The van der Waals surface area contributed by atoms with Crippen LogP contribution in [0.4, 0.5) is 11.5 Å². The molecule has 2 rings (SSSR count). The van der Waals surface area contributed by atoms with Gasteiger partial charge in [0, 0.05) is 12.7 Å². The Morgan fingerprint density at radius 2 is 1.74 bits per heavy atom. The van der Waals surface area contributed by atoms with Crippen molar-refractivity contribution in [2.75, 3.05) is 11.9 Å². The Kier molecular flexibility index (Phi) is 3.47. The van der Waals surface area contributed by atoms with Gasteiger partial charge in [-0.05, 0) is 56.5 Å². The second-order valence-corrected chi connectivity index (χ2v) is 5.02. The van der Waals surface area contributed by atoms with Crippen LogP contribution in [0.25, 0.3) is 0 Å². The molecule has 0 bridgehead atoms. The summed E-state index contributed by atoms with van der Waals surface area (Å²) in [5.74, 6) is 1.18. The van der Waals surface area contributed by atoms with Crippen molar-refractivity contribution in [3.63, 3.8) is 0 Å². The van der Waals surface area contributed by atoms with Crippen LogP contribution >= 0.6 is 0 Å². The molecule has 2 aromatic rings. The maximum absolute atomic E-state index is 9.93. The lowest BCUT2D eigenvalue weighted by Gasteiger charge is -2.23. The van der Waals surface area contributed by atoms with Crippen molar-refractivity contribution in [2.24, 2.45) is 0 Å². The molecule has 0 fully saturated rings. The molecule has 19 heavy (non-hydrogen) atoms. The highest BCUT2D eigenvalue weighted by Crippen LogP contribution is 2.32. The largest absolute Gasteiger partial charge is 0.506 e. The fourth-order valence-electron chi connectivity index (χ4n) is 2.20. The Balaban J connectivity index is 2.53. The molecule has 0 radical (unpaired) electrons. The first-order chi connectivity index (χ1) is 8.91. The van der Waals surface area contributed by atoms with E-state index < -0.39 is 0 Å². The number of nitrogens with zero attached hydrogens (tertiary/aromatic N) is 2. The first-order valence-electron chi connectivity index (χ1n) is 6.39. The van der Waals surface area contributed by atoms with Crippen LogP contribution in [-0.4, -0.2) is 17.1 Å². The highest BCUT2D eigenvalue weighted by atomic mass is 16.3. The third-order valence-corrected chi connectivity index (χ3v) is 3.58. The molecule has 0 aliphatic carbocycles. The van der Waals surface area contributed by atoms with Crippen molar-refractivity contribution >= 4 is 11.5 Å². The molecule has 3 nitrogen and oxygen atoms in total. The highest BCUT2D eigenvalue weighted by molar-refractivity contribution is 5.65. The molecule has 0 saturated carbocycles. The Morgan fingerprint density at radius 3 is 2.37 bits per heavy atom. The average molecular weight is 256 g/mol. The van der Waals surface area contributed by atoms with E-state index in [-0.39, 0.29) is 0 Å². The smallest absolute Gasteiger partial charge is 0.140 e. The summed E-state index contributed by atoms with van der Waals surface area (Å²) in [7, 11) is 2.00. The number of aryl methyl sites for hydroxylation is 2. The lowest BCUT2D eigenvalue weighted by molar-refractivity contribution is 0.462. The third-order valence-electron chi connectivity index (χ3n) is 3.58. The van der Waals surface area contributed by atoms with Crippen LogP contribution in [0.1, 0.15) is 22.4 Å². The second-order valence-electron chi connectivity index (χ2n) is 5.02. The summed E-state index contributed by atoms with van der Waals surface area (Å²) in [5.41, 5.74) is 4.88. The van der Waals surface area contributed by atoms with E-state index in [0.717, 1.165) is 22.6 Å². The minimum atomic E-state index is 0.291. The molecule has 1 N–H and O–H groups in total. The van der Waals surface area contributed by atoms with E-state index in [2.05, 4.69) is 35.0 Å². The number of hydrogen-bond acceptors (Lipinski definition) is 3. The van der Waals surface area contributed by atoms with Crippen LogP contribution in [-0.2, 0) is 0 Å². The van der Waals surface area contributed by atoms with Gasteiger partial charge in [-0.3, -0.25) is 0 Å². The molecule has 1 heterocycles. The standard InChI is InChI=1S/C16H20N2O/c1-10-7-6-8-14(9-10)18(5)16-12(3)11(2)15(19)13(4)17-16/h6-9,19H,1-5H3. The zero-order valence-corrected chi connectivity index (χ0v) is 12.2. The molecule has 0 aliphatic rings. The Labute approximate surface area is 114 Å². The summed E-state index contributed by atoms with van der Waals surface area (Å²) in [6, 6.07) is 8.30. The van der Waals surface area contributed by atoms with Crippen molar-refractivity contribution in [3.8, 4) is 5.75 Å². The molecule has 0 unspecified atom stereocenters. The van der Waals surface area contributed by atoms with E-state index in [1.54, 1.807) is 0 Å². The molecule has 0 spiro atoms. The fraction of sp³-hybridized carbons (Fsp3) is 0.312. The molecule has 1 aromatic heterocycles. The summed E-state index contributed by atoms with van der Waals surface area (Å²) in [6.07, 6.45) is 0. The average Bonchev–Trinajstić information content (AvgIpc) is 2.40. The zero-order valence-electron chi connectivity index (χ0n) is 12.2. The van der Waals surface area contributed by atoms with Crippen LogP contribution in [0.5, 0.6) is 5.75 Å². The predicted molar refractivity (Wildman–Crippen MR) is 79.4 cm³/mol. The molecule has 1 aromatic carbocycles. The first-order valence-corrected chi connectivity index (χ1v) is 6.39. The van der Waals surface area contributed by atoms with Gasteiger partial charge in [-0.15, -0.1) is 0 Å². The minimum absolute atomic E-state index is 0.291. The van der Waals surface area contributed by atoms with E-state index in [0.29, 0.717) is 11.4 Å². The summed E-state index contributed by atoms with van der Waals surface area (Å²) < 4.78 is 0. The Bertz CT molecular complexity index is 620. The number of anilines is 2. The van der Waals surface area contributed by atoms with Crippen molar-refractivity contribution in [3.05, 3.63) is 46.6 Å². The number of aromatic hydroxyl groups is 1.